The van der Waals surface area contributed by atoms with Crippen molar-refractivity contribution in [1.82, 2.24) is 10.2 Å². The molecule has 28 heavy (non-hydrogen) atoms. The third-order valence-electron chi connectivity index (χ3n) is 3.62. The first-order valence-corrected chi connectivity index (χ1v) is 9.24. The van der Waals surface area contributed by atoms with E-state index in [4.69, 9.17) is 0 Å². The third kappa shape index (κ3) is 4.49. The molecule has 0 fully saturated rings. The smallest absolute Gasteiger partial charge is 0.307 e. The maximum absolute atomic E-state index is 12.8. The molecule has 0 radical (unpaired) electrons. The molecule has 0 unspecified atom stereocenters. The number of sulfonamides is 1. The number of nitrogens with zero attached hydrogens (tertiary/aromatic N) is 1. The number of anilines is 2. The summed E-state index contributed by atoms with van der Waals surface area (Å²) in [5.41, 5.74) is -1.01. The van der Waals surface area contributed by atoms with Crippen molar-refractivity contribution in [3.8, 4) is 0 Å². The molecule has 3 N–H and O–H groups in total. The molecular weight excluding hydrogens is 397 g/mol. The minimum absolute atomic E-state index is 0.188. The van der Waals surface area contributed by atoms with E-state index in [1.54, 1.807) is 0 Å². The Morgan fingerprint density at radius 3 is 2.36 bits per heavy atom. The van der Waals surface area contributed by atoms with E-state index in [0.29, 0.717) is 11.9 Å². The second-order valence-corrected chi connectivity index (χ2v) is 7.32. The summed E-state index contributed by atoms with van der Waals surface area (Å²) in [5, 5.41) is 8.75. The van der Waals surface area contributed by atoms with E-state index < -0.39 is 27.7 Å². The SMILES string of the molecule is O=C(Nc1ccn[nH]1)c1ccc(S(=O)(=O)Nc2cccc(C(F)(F)F)c2)cc1. The molecule has 0 aliphatic rings. The molecule has 0 saturated heterocycles. The molecule has 11 heteroatoms. The molecule has 146 valence electrons. The first kappa shape index (κ1) is 19.4. The minimum Gasteiger partial charge on any atom is -0.307 e. The zero-order valence-corrected chi connectivity index (χ0v) is 14.8. The number of alkyl halides is 3. The second kappa shape index (κ2) is 7.35. The lowest BCUT2D eigenvalue weighted by Crippen LogP contribution is -2.15. The predicted octanol–water partition coefficient (Wildman–Crippen LogP) is 3.48. The molecule has 0 atom stereocenters. The lowest BCUT2D eigenvalue weighted by Gasteiger charge is -2.11. The van der Waals surface area contributed by atoms with Gasteiger partial charge in [-0.2, -0.15) is 18.3 Å². The van der Waals surface area contributed by atoms with Crippen LogP contribution in [0.3, 0.4) is 0 Å². The van der Waals surface area contributed by atoms with Gasteiger partial charge in [-0.3, -0.25) is 14.6 Å². The number of carbonyl (C=O) groups is 1. The van der Waals surface area contributed by atoms with Crippen molar-refractivity contribution in [2.45, 2.75) is 11.1 Å². The number of aromatic amines is 1. The summed E-state index contributed by atoms with van der Waals surface area (Å²) >= 11 is 0. The molecule has 0 aliphatic carbocycles. The molecule has 2 aromatic carbocycles. The van der Waals surface area contributed by atoms with Crippen LogP contribution in [0.2, 0.25) is 0 Å². The van der Waals surface area contributed by atoms with Crippen molar-refractivity contribution in [3.63, 3.8) is 0 Å². The maximum atomic E-state index is 12.8. The highest BCUT2D eigenvalue weighted by molar-refractivity contribution is 7.92. The largest absolute Gasteiger partial charge is 0.416 e. The number of benzene rings is 2. The van der Waals surface area contributed by atoms with Gasteiger partial charge in [-0.15, -0.1) is 0 Å². The second-order valence-electron chi connectivity index (χ2n) is 5.63. The number of amides is 1. The lowest BCUT2D eigenvalue weighted by molar-refractivity contribution is -0.137. The fourth-order valence-electron chi connectivity index (χ4n) is 2.28. The summed E-state index contributed by atoms with van der Waals surface area (Å²) in [7, 11) is -4.13. The molecule has 1 amide bonds. The Labute approximate surface area is 157 Å². The molecule has 1 heterocycles. The van der Waals surface area contributed by atoms with E-state index in [1.165, 1.54) is 42.6 Å². The van der Waals surface area contributed by atoms with E-state index in [2.05, 4.69) is 20.2 Å². The number of carbonyl (C=O) groups excluding carboxylic acids is 1. The van der Waals surface area contributed by atoms with Crippen molar-refractivity contribution in [2.75, 3.05) is 10.0 Å². The highest BCUT2D eigenvalue weighted by Gasteiger charge is 2.30. The van der Waals surface area contributed by atoms with Crippen molar-refractivity contribution in [1.29, 1.82) is 0 Å². The Bertz CT molecular complexity index is 1080. The topological polar surface area (TPSA) is 104 Å². The number of aromatic nitrogens is 2. The van der Waals surface area contributed by atoms with Crippen LogP contribution < -0.4 is 10.0 Å². The molecular formula is C17H13F3N4O3S. The van der Waals surface area contributed by atoms with Gasteiger partial charge in [-0.25, -0.2) is 8.42 Å². The molecule has 0 bridgehead atoms. The van der Waals surface area contributed by atoms with Crippen LogP contribution in [-0.4, -0.2) is 24.5 Å². The average molecular weight is 410 g/mol. The highest BCUT2D eigenvalue weighted by Crippen LogP contribution is 2.31. The van der Waals surface area contributed by atoms with E-state index in [0.717, 1.165) is 12.1 Å². The van der Waals surface area contributed by atoms with Gasteiger partial charge in [0.15, 0.2) is 0 Å². The van der Waals surface area contributed by atoms with Gasteiger partial charge < -0.3 is 5.32 Å². The fraction of sp³-hybridized carbons (Fsp3) is 0.0588. The number of rotatable bonds is 5. The number of H-pyrrole nitrogens is 1. The average Bonchev–Trinajstić information content (AvgIpc) is 3.14. The quantitative estimate of drug-likeness (QED) is 0.599. The zero-order chi connectivity index (χ0) is 20.4. The van der Waals surface area contributed by atoms with Crippen LogP contribution in [0, 0.1) is 0 Å². The number of hydrogen-bond donors (Lipinski definition) is 3. The van der Waals surface area contributed by atoms with Gasteiger partial charge in [0, 0.05) is 17.3 Å². The summed E-state index contributed by atoms with van der Waals surface area (Å²) in [5.74, 6) is -0.119. The Kier molecular flexibility index (Phi) is 5.10. The Morgan fingerprint density at radius 2 is 1.75 bits per heavy atom. The molecule has 7 nitrogen and oxygen atoms in total. The van der Waals surface area contributed by atoms with E-state index >= 15 is 0 Å². The van der Waals surface area contributed by atoms with Crippen LogP contribution in [0.5, 0.6) is 0 Å². The Balaban J connectivity index is 1.76. The van der Waals surface area contributed by atoms with Crippen LogP contribution >= 0.6 is 0 Å². The number of halogens is 3. The normalized spacial score (nSPS) is 11.8. The van der Waals surface area contributed by atoms with Crippen molar-refractivity contribution < 1.29 is 26.4 Å². The minimum atomic E-state index is -4.59. The monoisotopic (exact) mass is 410 g/mol. The van der Waals surface area contributed by atoms with Gasteiger partial charge in [0.05, 0.1) is 16.7 Å². The summed E-state index contributed by atoms with van der Waals surface area (Å²) in [6.07, 6.45) is -3.14. The lowest BCUT2D eigenvalue weighted by atomic mass is 10.2. The van der Waals surface area contributed by atoms with Gasteiger partial charge in [0.1, 0.15) is 5.82 Å². The van der Waals surface area contributed by atoms with E-state index in [1.807, 2.05) is 0 Å². The van der Waals surface area contributed by atoms with Gasteiger partial charge in [-0.05, 0) is 42.5 Å². The highest BCUT2D eigenvalue weighted by atomic mass is 32.2. The van der Waals surface area contributed by atoms with Gasteiger partial charge in [0.2, 0.25) is 0 Å². The van der Waals surface area contributed by atoms with Crippen molar-refractivity contribution in [3.05, 3.63) is 71.9 Å². The van der Waals surface area contributed by atoms with Gasteiger partial charge in [-0.1, -0.05) is 6.07 Å². The summed E-state index contributed by atoms with van der Waals surface area (Å²) in [6, 6.07) is 10.3. The predicted molar refractivity (Wildman–Crippen MR) is 95.2 cm³/mol. The van der Waals surface area contributed by atoms with Gasteiger partial charge >= 0.3 is 6.18 Å². The van der Waals surface area contributed by atoms with E-state index in [9.17, 15) is 26.4 Å². The molecule has 3 aromatic rings. The standard InChI is InChI=1S/C17H13F3N4O3S/c18-17(19,20)12-2-1-3-13(10-12)24-28(26,27)14-6-4-11(5-7-14)16(25)22-15-8-9-21-23-15/h1-10,24H,(H2,21,22,23,25). The van der Waals surface area contributed by atoms with Crippen molar-refractivity contribution in [2.24, 2.45) is 0 Å². The zero-order valence-electron chi connectivity index (χ0n) is 14.0. The number of hydrogen-bond acceptors (Lipinski definition) is 4. The first-order valence-electron chi connectivity index (χ1n) is 7.76. The van der Waals surface area contributed by atoms with Crippen LogP contribution in [0.1, 0.15) is 15.9 Å². The maximum Gasteiger partial charge on any atom is 0.416 e. The molecule has 0 spiro atoms. The fourth-order valence-corrected chi connectivity index (χ4v) is 3.33. The summed E-state index contributed by atoms with van der Waals surface area (Å²) in [4.78, 5) is 11.9. The Morgan fingerprint density at radius 1 is 1.04 bits per heavy atom. The van der Waals surface area contributed by atoms with Crippen LogP contribution in [0.15, 0.2) is 65.7 Å². The molecule has 0 aliphatic heterocycles. The van der Waals surface area contributed by atoms with Crippen molar-refractivity contribution >= 4 is 27.4 Å². The third-order valence-corrected chi connectivity index (χ3v) is 5.02. The number of nitrogens with one attached hydrogen (secondary N) is 3. The van der Waals surface area contributed by atoms with Crippen LogP contribution in [-0.2, 0) is 16.2 Å². The van der Waals surface area contributed by atoms with Crippen LogP contribution in [0.25, 0.3) is 0 Å². The van der Waals surface area contributed by atoms with E-state index in [-0.39, 0.29) is 16.1 Å². The van der Waals surface area contributed by atoms with Gasteiger partial charge in [0.25, 0.3) is 15.9 Å². The summed E-state index contributed by atoms with van der Waals surface area (Å²) < 4.78 is 65.2. The Hall–Kier alpha value is -3.34. The summed E-state index contributed by atoms with van der Waals surface area (Å²) in [6.45, 7) is 0. The molecule has 0 saturated carbocycles. The molecule has 3 rings (SSSR count). The van der Waals surface area contributed by atoms with Crippen LogP contribution in [0.4, 0.5) is 24.7 Å². The molecule has 1 aromatic heterocycles. The first-order chi connectivity index (χ1) is 13.1.